The largest absolute Gasteiger partial charge is 0.393 e. The Morgan fingerprint density at radius 1 is 1.33 bits per heavy atom. The van der Waals surface area contributed by atoms with Gasteiger partial charge in [0.25, 0.3) is 0 Å². The molecular formula is C15H28N4O2. The summed E-state index contributed by atoms with van der Waals surface area (Å²) in [5.41, 5.74) is 2.15. The molecule has 1 aromatic heterocycles. The first-order chi connectivity index (χ1) is 9.90. The molecule has 21 heavy (non-hydrogen) atoms. The molecule has 1 atom stereocenters. The Kier molecular flexibility index (Phi) is 7.22. The molecule has 0 bridgehead atoms. The van der Waals surface area contributed by atoms with Gasteiger partial charge >= 0.3 is 6.03 Å². The van der Waals surface area contributed by atoms with E-state index in [0.717, 1.165) is 24.4 Å². The molecule has 2 amide bonds. The van der Waals surface area contributed by atoms with E-state index < -0.39 is 0 Å². The van der Waals surface area contributed by atoms with E-state index in [-0.39, 0.29) is 18.1 Å². The van der Waals surface area contributed by atoms with Crippen molar-refractivity contribution in [2.45, 2.75) is 53.2 Å². The molecular weight excluding hydrogens is 268 g/mol. The number of aliphatic hydroxyl groups is 1. The van der Waals surface area contributed by atoms with Crippen molar-refractivity contribution < 1.29 is 9.90 Å². The third-order valence-electron chi connectivity index (χ3n) is 3.43. The minimum absolute atomic E-state index is 0.181. The van der Waals surface area contributed by atoms with Crippen LogP contribution in [0.1, 0.15) is 38.1 Å². The zero-order valence-electron chi connectivity index (χ0n) is 13.5. The Labute approximate surface area is 126 Å². The van der Waals surface area contributed by atoms with Gasteiger partial charge in [0.05, 0.1) is 11.8 Å². The molecule has 1 unspecified atom stereocenters. The van der Waals surface area contributed by atoms with Gasteiger partial charge in [0.1, 0.15) is 0 Å². The van der Waals surface area contributed by atoms with Crippen molar-refractivity contribution in [3.8, 4) is 0 Å². The molecule has 0 saturated carbocycles. The molecule has 0 aromatic carbocycles. The second-order valence-corrected chi connectivity index (χ2v) is 5.79. The van der Waals surface area contributed by atoms with Crippen molar-refractivity contribution in [3.63, 3.8) is 0 Å². The third kappa shape index (κ3) is 6.62. The zero-order chi connectivity index (χ0) is 15.8. The molecule has 6 nitrogen and oxygen atoms in total. The Balaban J connectivity index is 2.10. The summed E-state index contributed by atoms with van der Waals surface area (Å²) in [4.78, 5) is 11.6. The maximum Gasteiger partial charge on any atom is 0.314 e. The Hall–Kier alpha value is -1.56. The highest BCUT2D eigenvalue weighted by Gasteiger charge is 2.09. The second-order valence-electron chi connectivity index (χ2n) is 5.79. The predicted molar refractivity (Wildman–Crippen MR) is 83.2 cm³/mol. The van der Waals surface area contributed by atoms with E-state index in [2.05, 4.69) is 15.7 Å². The van der Waals surface area contributed by atoms with Crippen LogP contribution in [0.25, 0.3) is 0 Å². The molecule has 0 aliphatic rings. The van der Waals surface area contributed by atoms with Crippen LogP contribution in [0.5, 0.6) is 0 Å². The summed E-state index contributed by atoms with van der Waals surface area (Å²) in [7, 11) is 0. The van der Waals surface area contributed by atoms with Crippen LogP contribution < -0.4 is 10.6 Å². The first-order valence-corrected chi connectivity index (χ1v) is 7.61. The Morgan fingerprint density at radius 3 is 2.57 bits per heavy atom. The average molecular weight is 296 g/mol. The van der Waals surface area contributed by atoms with Gasteiger partial charge in [-0.2, -0.15) is 5.10 Å². The molecule has 0 radical (unpaired) electrons. The van der Waals surface area contributed by atoms with E-state index in [1.54, 1.807) is 0 Å². The van der Waals surface area contributed by atoms with Crippen LogP contribution in [0.2, 0.25) is 0 Å². The lowest BCUT2D eigenvalue weighted by molar-refractivity contribution is 0.116. The molecule has 3 N–H and O–H groups in total. The van der Waals surface area contributed by atoms with Crippen LogP contribution in [0.15, 0.2) is 6.07 Å². The van der Waals surface area contributed by atoms with Crippen LogP contribution in [0.4, 0.5) is 4.79 Å². The van der Waals surface area contributed by atoms with Crippen LogP contribution in [0.3, 0.4) is 0 Å². The van der Waals surface area contributed by atoms with Gasteiger partial charge in [-0.05, 0) is 38.7 Å². The van der Waals surface area contributed by atoms with Gasteiger partial charge in [-0.1, -0.05) is 13.8 Å². The topological polar surface area (TPSA) is 79.2 Å². The van der Waals surface area contributed by atoms with Gasteiger partial charge in [0.15, 0.2) is 0 Å². The third-order valence-corrected chi connectivity index (χ3v) is 3.43. The van der Waals surface area contributed by atoms with Crippen molar-refractivity contribution in [3.05, 3.63) is 17.5 Å². The maximum atomic E-state index is 11.6. The van der Waals surface area contributed by atoms with Crippen molar-refractivity contribution >= 4 is 6.03 Å². The lowest BCUT2D eigenvalue weighted by Crippen LogP contribution is -2.38. The fourth-order valence-electron chi connectivity index (χ4n) is 2.06. The van der Waals surface area contributed by atoms with E-state index in [1.807, 2.05) is 38.4 Å². The minimum atomic E-state index is -0.365. The molecule has 1 heterocycles. The van der Waals surface area contributed by atoms with Gasteiger partial charge < -0.3 is 15.7 Å². The highest BCUT2D eigenvalue weighted by atomic mass is 16.3. The van der Waals surface area contributed by atoms with Crippen LogP contribution >= 0.6 is 0 Å². The van der Waals surface area contributed by atoms with Gasteiger partial charge in [-0.3, -0.25) is 4.68 Å². The fraction of sp³-hybridized carbons (Fsp3) is 0.733. The number of aromatic nitrogens is 2. The predicted octanol–water partition coefficient (Wildman–Crippen LogP) is 1.60. The number of aryl methyl sites for hydroxylation is 3. The van der Waals surface area contributed by atoms with E-state index in [0.29, 0.717) is 19.5 Å². The zero-order valence-corrected chi connectivity index (χ0v) is 13.5. The summed E-state index contributed by atoms with van der Waals surface area (Å²) in [6.07, 6.45) is 1.05. The smallest absolute Gasteiger partial charge is 0.314 e. The summed E-state index contributed by atoms with van der Waals surface area (Å²) < 4.78 is 1.95. The summed E-state index contributed by atoms with van der Waals surface area (Å²) in [6.45, 7) is 9.82. The van der Waals surface area contributed by atoms with E-state index in [4.69, 9.17) is 0 Å². The van der Waals surface area contributed by atoms with Gasteiger partial charge in [-0.25, -0.2) is 4.79 Å². The minimum Gasteiger partial charge on any atom is -0.393 e. The highest BCUT2D eigenvalue weighted by molar-refractivity contribution is 5.73. The normalized spacial score (nSPS) is 12.5. The molecule has 0 spiro atoms. The number of nitrogens with zero attached hydrogens (tertiary/aromatic N) is 2. The first-order valence-electron chi connectivity index (χ1n) is 7.61. The van der Waals surface area contributed by atoms with Gasteiger partial charge in [0, 0.05) is 25.3 Å². The van der Waals surface area contributed by atoms with Crippen molar-refractivity contribution in [1.29, 1.82) is 0 Å². The number of hydrogen-bond acceptors (Lipinski definition) is 3. The monoisotopic (exact) mass is 296 g/mol. The maximum absolute atomic E-state index is 11.6. The number of carbonyl (C=O) groups is 1. The fourth-order valence-corrected chi connectivity index (χ4v) is 2.06. The molecule has 0 aliphatic carbocycles. The molecule has 1 aromatic rings. The number of urea groups is 1. The lowest BCUT2D eigenvalue weighted by Gasteiger charge is -2.14. The van der Waals surface area contributed by atoms with Gasteiger partial charge in [0.2, 0.25) is 0 Å². The number of aliphatic hydroxyl groups excluding tert-OH is 1. The molecule has 1 rings (SSSR count). The van der Waals surface area contributed by atoms with Crippen molar-refractivity contribution in [1.82, 2.24) is 20.4 Å². The van der Waals surface area contributed by atoms with E-state index in [9.17, 15) is 9.90 Å². The number of amides is 2. The summed E-state index contributed by atoms with van der Waals surface area (Å²) in [5, 5.41) is 19.6. The number of hydrogen-bond donors (Lipinski definition) is 3. The van der Waals surface area contributed by atoms with Crippen LogP contribution in [-0.4, -0.2) is 40.1 Å². The molecule has 120 valence electrons. The molecule has 0 fully saturated rings. The van der Waals surface area contributed by atoms with Crippen molar-refractivity contribution in [2.24, 2.45) is 5.92 Å². The molecule has 6 heteroatoms. The SMILES string of the molecule is Cc1cc(C)n(CCCNC(=O)NCCC(O)C(C)C)n1. The highest BCUT2D eigenvalue weighted by Crippen LogP contribution is 2.04. The summed E-state index contributed by atoms with van der Waals surface area (Å²) in [5.74, 6) is 0.218. The number of rotatable bonds is 8. The number of carbonyl (C=O) groups excluding carboxylic acids is 1. The molecule has 0 aliphatic heterocycles. The summed E-state index contributed by atoms with van der Waals surface area (Å²) in [6, 6.07) is 1.86. The second kappa shape index (κ2) is 8.67. The first kappa shape index (κ1) is 17.5. The number of nitrogens with one attached hydrogen (secondary N) is 2. The van der Waals surface area contributed by atoms with E-state index >= 15 is 0 Å². The Bertz CT molecular complexity index is 443. The van der Waals surface area contributed by atoms with E-state index in [1.165, 1.54) is 0 Å². The Morgan fingerprint density at radius 2 is 2.00 bits per heavy atom. The molecule has 0 saturated heterocycles. The van der Waals surface area contributed by atoms with Crippen LogP contribution in [0, 0.1) is 19.8 Å². The van der Waals surface area contributed by atoms with Crippen LogP contribution in [-0.2, 0) is 6.54 Å². The quantitative estimate of drug-likeness (QED) is 0.637. The van der Waals surface area contributed by atoms with Crippen molar-refractivity contribution in [2.75, 3.05) is 13.1 Å². The van der Waals surface area contributed by atoms with Gasteiger partial charge in [-0.15, -0.1) is 0 Å². The average Bonchev–Trinajstić information content (AvgIpc) is 2.72. The summed E-state index contributed by atoms with van der Waals surface area (Å²) >= 11 is 0. The lowest BCUT2D eigenvalue weighted by atomic mass is 10.0. The standard InChI is InChI=1S/C15H28N4O2/c1-11(2)14(20)6-8-17-15(21)16-7-5-9-19-13(4)10-12(3)18-19/h10-11,14,20H,5-9H2,1-4H3,(H2,16,17,21).